The zero-order chi connectivity index (χ0) is 22.1. The third-order valence-electron chi connectivity index (χ3n) is 6.51. The number of aromatic nitrogens is 3. The first kappa shape index (κ1) is 20.5. The maximum atomic E-state index is 13.1. The van der Waals surface area contributed by atoms with Gasteiger partial charge >= 0.3 is 0 Å². The molecular weight excluding hydrogens is 400 g/mol. The van der Waals surface area contributed by atoms with Gasteiger partial charge in [-0.15, -0.1) is 0 Å². The molecule has 0 N–H and O–H groups in total. The maximum Gasteiger partial charge on any atom is 0.227 e. The number of rotatable bonds is 5. The predicted molar refractivity (Wildman–Crippen MR) is 124 cm³/mol. The van der Waals surface area contributed by atoms with E-state index in [0.29, 0.717) is 30.5 Å². The van der Waals surface area contributed by atoms with Gasteiger partial charge in [-0.2, -0.15) is 4.98 Å². The number of piperidine rings is 1. The topological polar surface area (TPSA) is 64.2 Å². The summed E-state index contributed by atoms with van der Waals surface area (Å²) in [6.07, 6.45) is 5.30. The second-order valence-electron chi connectivity index (χ2n) is 8.84. The summed E-state index contributed by atoms with van der Waals surface area (Å²) in [6.45, 7) is 3.61. The first-order valence-corrected chi connectivity index (χ1v) is 11.3. The average molecular weight is 429 g/mol. The molecule has 3 heterocycles. The fourth-order valence-corrected chi connectivity index (χ4v) is 4.82. The van der Waals surface area contributed by atoms with E-state index in [2.05, 4.69) is 33.0 Å². The van der Waals surface area contributed by atoms with Crippen LogP contribution >= 0.6 is 0 Å². The van der Waals surface area contributed by atoms with Crippen molar-refractivity contribution in [3.63, 3.8) is 0 Å². The Labute approximate surface area is 187 Å². The molecule has 4 aromatic rings. The first-order chi connectivity index (χ1) is 15.6. The largest absolute Gasteiger partial charge is 0.350 e. The van der Waals surface area contributed by atoms with Crippen molar-refractivity contribution in [1.82, 2.24) is 19.6 Å². The summed E-state index contributed by atoms with van der Waals surface area (Å²) >= 11 is 0. The van der Waals surface area contributed by atoms with Crippen LogP contribution in [0.3, 0.4) is 0 Å². The third-order valence-corrected chi connectivity index (χ3v) is 6.51. The Balaban J connectivity index is 1.25. The molecule has 0 spiro atoms. The first-order valence-electron chi connectivity index (χ1n) is 11.3. The summed E-state index contributed by atoms with van der Waals surface area (Å²) in [5.41, 5.74) is 4.38. The third kappa shape index (κ3) is 4.05. The number of amides is 1. The molecule has 0 aliphatic carbocycles. The molecule has 32 heavy (non-hydrogen) atoms. The van der Waals surface area contributed by atoms with E-state index < -0.39 is 0 Å². The fourth-order valence-electron chi connectivity index (χ4n) is 4.82. The van der Waals surface area contributed by atoms with Gasteiger partial charge in [-0.1, -0.05) is 47.6 Å². The summed E-state index contributed by atoms with van der Waals surface area (Å²) in [5.74, 6) is 1.82. The van der Waals surface area contributed by atoms with E-state index in [-0.39, 0.29) is 5.91 Å². The van der Waals surface area contributed by atoms with Crippen LogP contribution in [0.4, 0.5) is 0 Å². The highest BCUT2D eigenvalue weighted by molar-refractivity contribution is 5.89. The normalized spacial score (nSPS) is 16.6. The highest BCUT2D eigenvalue weighted by atomic mass is 16.5. The van der Waals surface area contributed by atoms with E-state index in [9.17, 15) is 4.79 Å². The molecule has 0 radical (unpaired) electrons. The van der Waals surface area contributed by atoms with Crippen LogP contribution in [-0.2, 0) is 24.7 Å². The van der Waals surface area contributed by atoms with Crippen LogP contribution in [0.1, 0.15) is 29.9 Å². The lowest BCUT2D eigenvalue weighted by Gasteiger charge is -2.32. The number of nitrogens with zero attached hydrogens (tertiary/aromatic N) is 4. The number of benzene rings is 2. The molecule has 0 saturated carbocycles. The van der Waals surface area contributed by atoms with Crippen LogP contribution in [0.2, 0.25) is 0 Å². The van der Waals surface area contributed by atoms with E-state index in [1.165, 1.54) is 0 Å². The summed E-state index contributed by atoms with van der Waals surface area (Å²) in [6, 6.07) is 16.3. The van der Waals surface area contributed by atoms with Crippen molar-refractivity contribution in [3.8, 4) is 11.4 Å². The Morgan fingerprint density at radius 3 is 2.84 bits per heavy atom. The van der Waals surface area contributed by atoms with Gasteiger partial charge in [0.1, 0.15) is 0 Å². The number of carbonyl (C=O) groups is 1. The number of fused-ring (bicyclic) bond motifs is 1. The lowest BCUT2D eigenvalue weighted by molar-refractivity contribution is -0.132. The van der Waals surface area contributed by atoms with Crippen molar-refractivity contribution in [1.29, 1.82) is 0 Å². The molecule has 1 saturated heterocycles. The quantitative estimate of drug-likeness (QED) is 0.467. The molecular formula is C26H28N4O2. The molecule has 6 heteroatoms. The molecule has 164 valence electrons. The monoisotopic (exact) mass is 428 g/mol. The standard InChI is InChI=1S/C26H28N4O2/c1-18-8-3-4-10-21(18)26-27-24(32-28-26)14-19-9-7-13-30(16-19)25(31)15-20-17-29(2)23-12-6-5-11-22(20)23/h3-6,8,10-12,17,19H,7,9,13-16H2,1-2H3/t19-/m1/s1. The number of carbonyl (C=O) groups excluding carboxylic acids is 1. The highest BCUT2D eigenvalue weighted by Gasteiger charge is 2.26. The molecule has 0 unspecified atom stereocenters. The van der Waals surface area contributed by atoms with Gasteiger partial charge in [0.15, 0.2) is 0 Å². The number of likely N-dealkylation sites (tertiary alicyclic amines) is 1. The Hall–Kier alpha value is -3.41. The molecule has 2 aromatic heterocycles. The van der Waals surface area contributed by atoms with E-state index in [4.69, 9.17) is 4.52 Å². The predicted octanol–water partition coefficient (Wildman–Crippen LogP) is 4.56. The molecule has 1 atom stereocenters. The number of hydrogen-bond donors (Lipinski definition) is 0. The minimum Gasteiger partial charge on any atom is -0.350 e. The molecule has 1 aliphatic rings. The minimum absolute atomic E-state index is 0.192. The smallest absolute Gasteiger partial charge is 0.227 e. The molecule has 1 amide bonds. The second-order valence-corrected chi connectivity index (χ2v) is 8.84. The van der Waals surface area contributed by atoms with Crippen molar-refractivity contribution in [2.45, 2.75) is 32.6 Å². The lowest BCUT2D eigenvalue weighted by atomic mass is 9.94. The van der Waals surface area contributed by atoms with Crippen molar-refractivity contribution < 1.29 is 9.32 Å². The molecule has 0 bridgehead atoms. The maximum absolute atomic E-state index is 13.1. The zero-order valence-electron chi connectivity index (χ0n) is 18.6. The number of para-hydroxylation sites is 1. The number of hydrogen-bond acceptors (Lipinski definition) is 4. The SMILES string of the molecule is Cc1ccccc1-c1noc(C[C@H]2CCCN(C(=O)Cc3cn(C)c4ccccc34)C2)n1. The Kier molecular flexibility index (Phi) is 5.52. The van der Waals surface area contributed by atoms with Crippen LogP contribution in [-0.4, -0.2) is 38.6 Å². The van der Waals surface area contributed by atoms with Gasteiger partial charge in [0.05, 0.1) is 6.42 Å². The molecule has 6 nitrogen and oxygen atoms in total. The van der Waals surface area contributed by atoms with Gasteiger partial charge in [-0.05, 0) is 42.9 Å². The van der Waals surface area contributed by atoms with Crippen LogP contribution in [0, 0.1) is 12.8 Å². The molecule has 5 rings (SSSR count). The lowest BCUT2D eigenvalue weighted by Crippen LogP contribution is -2.41. The molecule has 1 fully saturated rings. The Morgan fingerprint density at radius 2 is 1.97 bits per heavy atom. The van der Waals surface area contributed by atoms with Gasteiger partial charge in [0, 0.05) is 49.2 Å². The minimum atomic E-state index is 0.192. The van der Waals surface area contributed by atoms with Gasteiger partial charge < -0.3 is 14.0 Å². The van der Waals surface area contributed by atoms with Gasteiger partial charge in [0.25, 0.3) is 0 Å². The summed E-state index contributed by atoms with van der Waals surface area (Å²) < 4.78 is 7.65. The Bertz CT molecular complexity index is 1260. The zero-order valence-corrected chi connectivity index (χ0v) is 18.6. The molecule has 2 aromatic carbocycles. The van der Waals surface area contributed by atoms with E-state index in [1.807, 2.05) is 55.3 Å². The van der Waals surface area contributed by atoms with Crippen molar-refractivity contribution in [2.24, 2.45) is 13.0 Å². The van der Waals surface area contributed by atoms with Gasteiger partial charge in [0.2, 0.25) is 17.6 Å². The van der Waals surface area contributed by atoms with E-state index in [0.717, 1.165) is 53.5 Å². The van der Waals surface area contributed by atoms with E-state index in [1.54, 1.807) is 0 Å². The second kappa shape index (κ2) is 8.61. The van der Waals surface area contributed by atoms with Gasteiger partial charge in [-0.25, -0.2) is 0 Å². The van der Waals surface area contributed by atoms with Gasteiger partial charge in [-0.3, -0.25) is 4.79 Å². The summed E-state index contributed by atoms with van der Waals surface area (Å²) in [7, 11) is 2.03. The Morgan fingerprint density at radius 1 is 1.16 bits per heavy atom. The van der Waals surface area contributed by atoms with Crippen LogP contribution in [0.25, 0.3) is 22.3 Å². The van der Waals surface area contributed by atoms with Crippen molar-refractivity contribution in [2.75, 3.05) is 13.1 Å². The average Bonchev–Trinajstić information content (AvgIpc) is 3.39. The fraction of sp³-hybridized carbons (Fsp3) is 0.346. The van der Waals surface area contributed by atoms with Crippen LogP contribution in [0.15, 0.2) is 59.3 Å². The highest BCUT2D eigenvalue weighted by Crippen LogP contribution is 2.25. The van der Waals surface area contributed by atoms with Crippen LogP contribution < -0.4 is 0 Å². The summed E-state index contributed by atoms with van der Waals surface area (Å²) in [4.78, 5) is 19.7. The summed E-state index contributed by atoms with van der Waals surface area (Å²) in [5, 5.41) is 5.34. The van der Waals surface area contributed by atoms with E-state index >= 15 is 0 Å². The van der Waals surface area contributed by atoms with Crippen molar-refractivity contribution >= 4 is 16.8 Å². The number of aryl methyl sites for hydroxylation is 2. The van der Waals surface area contributed by atoms with Crippen LogP contribution in [0.5, 0.6) is 0 Å². The molecule has 1 aliphatic heterocycles. The van der Waals surface area contributed by atoms with Crippen molar-refractivity contribution in [3.05, 3.63) is 71.7 Å².